The van der Waals surface area contributed by atoms with Gasteiger partial charge in [0.25, 0.3) is 0 Å². The third kappa shape index (κ3) is 7.12. The summed E-state index contributed by atoms with van der Waals surface area (Å²) in [5, 5.41) is 38.6. The molecule has 5 aliphatic rings. The molecule has 5 N–H and O–H groups in total. The van der Waals surface area contributed by atoms with Gasteiger partial charge in [0, 0.05) is 68.0 Å². The van der Waals surface area contributed by atoms with E-state index in [9.17, 15) is 29.7 Å². The Morgan fingerprint density at radius 3 is 2.54 bits per heavy atom. The van der Waals surface area contributed by atoms with Gasteiger partial charge in [-0.1, -0.05) is 12.1 Å². The van der Waals surface area contributed by atoms with Crippen LogP contribution >= 0.6 is 0 Å². The number of aliphatic hydroxyl groups is 1. The Balaban J connectivity index is 0.000000226. The number of amides is 1. The zero-order valence-corrected chi connectivity index (χ0v) is 29.0. The summed E-state index contributed by atoms with van der Waals surface area (Å²) in [4.78, 5) is 41.7. The van der Waals surface area contributed by atoms with Crippen LogP contribution in [0.3, 0.4) is 0 Å². The van der Waals surface area contributed by atoms with Crippen molar-refractivity contribution in [2.75, 3.05) is 53.6 Å². The molecular formula is C37H49N3O10. The zero-order valence-electron chi connectivity index (χ0n) is 29.0. The number of methoxy groups -OCH3 is 2. The van der Waals surface area contributed by atoms with E-state index in [1.807, 2.05) is 6.92 Å². The zero-order chi connectivity index (χ0) is 35.5. The first-order valence-corrected chi connectivity index (χ1v) is 17.7. The van der Waals surface area contributed by atoms with Crippen molar-refractivity contribution in [3.63, 3.8) is 0 Å². The number of ketones is 2. The third-order valence-electron chi connectivity index (χ3n) is 10.8. The predicted octanol–water partition coefficient (Wildman–Crippen LogP) is 2.07. The Morgan fingerprint density at radius 2 is 1.80 bits per heavy atom. The van der Waals surface area contributed by atoms with Crippen molar-refractivity contribution < 1.29 is 48.7 Å². The topological polar surface area (TPSA) is 176 Å². The summed E-state index contributed by atoms with van der Waals surface area (Å²) in [5.74, 6) is -1.95. The van der Waals surface area contributed by atoms with E-state index in [1.165, 1.54) is 13.2 Å². The highest BCUT2D eigenvalue weighted by Crippen LogP contribution is 2.47. The number of nitrogens with zero attached hydrogens (tertiary/aromatic N) is 1. The molecule has 0 bridgehead atoms. The van der Waals surface area contributed by atoms with Gasteiger partial charge in [-0.25, -0.2) is 0 Å². The van der Waals surface area contributed by atoms with Gasteiger partial charge in [0.05, 0.1) is 42.6 Å². The van der Waals surface area contributed by atoms with Crippen molar-refractivity contribution in [3.8, 4) is 17.2 Å². The standard InChI is InChI=1S/C26H28N2O6.C11H21NO4/c1-34-18-6-2-5-16-19(18)25(32)21-20(23(16)30)24(31)17-12-13(7-8-15(17)22(21)29)26(33)28-11-9-14-4-3-10-27-14;1-8-11(13)9(3-5-15-8)12-4-6-16-10(7-12)14-2/h2,5-6,13-14,27,29,31H,3-4,7-12H2,1H3,(H,28,33);8-11,13H,3-7H2,1-2H3. The molecule has 2 aromatic rings. The number of hydrogen-bond acceptors (Lipinski definition) is 12. The molecule has 3 heterocycles. The van der Waals surface area contributed by atoms with Crippen LogP contribution in [0.15, 0.2) is 18.2 Å². The lowest BCUT2D eigenvalue weighted by Gasteiger charge is -2.43. The highest BCUT2D eigenvalue weighted by Gasteiger charge is 2.41. The van der Waals surface area contributed by atoms with E-state index < -0.39 is 17.7 Å². The molecular weight excluding hydrogens is 646 g/mol. The highest BCUT2D eigenvalue weighted by molar-refractivity contribution is 6.31. The van der Waals surface area contributed by atoms with Crippen LogP contribution < -0.4 is 15.4 Å². The van der Waals surface area contributed by atoms with Crippen LogP contribution in [-0.4, -0.2) is 122 Å². The molecule has 0 saturated carbocycles. The fourth-order valence-corrected chi connectivity index (χ4v) is 7.98. The Morgan fingerprint density at radius 1 is 1.02 bits per heavy atom. The Hall–Kier alpha value is -3.59. The van der Waals surface area contributed by atoms with Crippen molar-refractivity contribution in [2.24, 2.45) is 5.92 Å². The van der Waals surface area contributed by atoms with Gasteiger partial charge in [-0.3, -0.25) is 19.3 Å². The van der Waals surface area contributed by atoms with Crippen LogP contribution in [0.2, 0.25) is 0 Å². The van der Waals surface area contributed by atoms with E-state index in [0.29, 0.717) is 43.2 Å². The Labute approximate surface area is 292 Å². The molecule has 3 aliphatic heterocycles. The first-order chi connectivity index (χ1) is 24.1. The second-order valence-corrected chi connectivity index (χ2v) is 13.7. The summed E-state index contributed by atoms with van der Waals surface area (Å²) in [7, 11) is 3.06. The lowest BCUT2D eigenvalue weighted by atomic mass is 9.75. The molecule has 2 aliphatic carbocycles. The molecule has 0 radical (unpaired) electrons. The summed E-state index contributed by atoms with van der Waals surface area (Å²) in [6.45, 7) is 6.48. The minimum Gasteiger partial charge on any atom is -0.507 e. The number of aliphatic hydroxyl groups excluding tert-OH is 1. The van der Waals surface area contributed by atoms with Crippen molar-refractivity contribution in [1.29, 1.82) is 0 Å². The molecule has 1 amide bonds. The maximum absolute atomic E-state index is 13.3. The molecule has 6 unspecified atom stereocenters. The number of phenolic OH excluding ortho intramolecular Hbond substituents is 2. The van der Waals surface area contributed by atoms with E-state index in [2.05, 4.69) is 15.5 Å². The molecule has 0 aromatic heterocycles. The maximum atomic E-state index is 13.3. The van der Waals surface area contributed by atoms with Gasteiger partial charge in [0.1, 0.15) is 17.2 Å². The average molecular weight is 696 g/mol. The Bertz CT molecular complexity index is 1590. The number of benzene rings is 2. The van der Waals surface area contributed by atoms with E-state index in [1.54, 1.807) is 19.2 Å². The van der Waals surface area contributed by atoms with E-state index in [4.69, 9.17) is 18.9 Å². The van der Waals surface area contributed by atoms with Gasteiger partial charge in [0.15, 0.2) is 12.1 Å². The minimum absolute atomic E-state index is 0.0809. The second-order valence-electron chi connectivity index (χ2n) is 13.7. The van der Waals surface area contributed by atoms with Gasteiger partial charge >= 0.3 is 0 Å². The van der Waals surface area contributed by atoms with Gasteiger partial charge in [-0.2, -0.15) is 0 Å². The number of ether oxygens (including phenoxy) is 4. The summed E-state index contributed by atoms with van der Waals surface area (Å²) < 4.78 is 21.3. The molecule has 272 valence electrons. The van der Waals surface area contributed by atoms with Gasteiger partial charge in [-0.05, 0) is 64.5 Å². The summed E-state index contributed by atoms with van der Waals surface area (Å²) in [6, 6.07) is 5.29. The van der Waals surface area contributed by atoms with E-state index >= 15 is 0 Å². The molecule has 3 saturated heterocycles. The molecule has 50 heavy (non-hydrogen) atoms. The van der Waals surface area contributed by atoms with E-state index in [-0.39, 0.29) is 76.2 Å². The number of carbonyl (C=O) groups is 3. The summed E-state index contributed by atoms with van der Waals surface area (Å²) >= 11 is 0. The molecule has 3 fully saturated rings. The number of aromatic hydroxyl groups is 2. The van der Waals surface area contributed by atoms with Crippen LogP contribution in [0.1, 0.15) is 82.0 Å². The average Bonchev–Trinajstić information content (AvgIpc) is 3.66. The van der Waals surface area contributed by atoms with Crippen molar-refractivity contribution in [3.05, 3.63) is 51.6 Å². The number of carbonyl (C=O) groups excluding carboxylic acids is 3. The fourth-order valence-electron chi connectivity index (χ4n) is 7.98. The van der Waals surface area contributed by atoms with Crippen molar-refractivity contribution in [1.82, 2.24) is 15.5 Å². The lowest BCUT2D eigenvalue weighted by molar-refractivity contribution is -0.190. The lowest BCUT2D eigenvalue weighted by Crippen LogP contribution is -2.57. The first kappa shape index (κ1) is 36.2. The summed E-state index contributed by atoms with van der Waals surface area (Å²) in [5.41, 5.74) is 0.613. The van der Waals surface area contributed by atoms with E-state index in [0.717, 1.165) is 51.9 Å². The predicted molar refractivity (Wildman–Crippen MR) is 182 cm³/mol. The maximum Gasteiger partial charge on any atom is 0.223 e. The molecule has 13 heteroatoms. The van der Waals surface area contributed by atoms with Gasteiger partial charge in [0.2, 0.25) is 11.7 Å². The van der Waals surface area contributed by atoms with Crippen molar-refractivity contribution in [2.45, 2.75) is 82.5 Å². The normalized spacial score (nSPS) is 27.8. The second kappa shape index (κ2) is 15.7. The number of rotatable bonds is 7. The largest absolute Gasteiger partial charge is 0.507 e. The number of morpholine rings is 1. The van der Waals surface area contributed by atoms with Crippen LogP contribution in [0.4, 0.5) is 0 Å². The van der Waals surface area contributed by atoms with Crippen LogP contribution in [-0.2, 0) is 31.8 Å². The smallest absolute Gasteiger partial charge is 0.223 e. The van der Waals surface area contributed by atoms with Crippen LogP contribution in [0, 0.1) is 5.92 Å². The number of nitrogens with one attached hydrogen (secondary N) is 2. The Kier molecular flexibility index (Phi) is 11.4. The molecule has 7 rings (SSSR count). The van der Waals surface area contributed by atoms with Crippen molar-refractivity contribution >= 4 is 17.5 Å². The number of fused-ring (bicyclic) bond motifs is 3. The van der Waals surface area contributed by atoms with Gasteiger partial charge in [-0.15, -0.1) is 0 Å². The number of hydrogen-bond donors (Lipinski definition) is 5. The number of phenols is 2. The van der Waals surface area contributed by atoms with Crippen LogP contribution in [0.25, 0.3) is 0 Å². The molecule has 13 nitrogen and oxygen atoms in total. The SMILES string of the molecule is COC1CN(C2CCOC(C)C2O)CCO1.COc1cccc2c1C(=O)c1c(O)c3c(c(O)c1C2=O)CC(C(=O)NCCC1CCCN1)CC3. The first-order valence-electron chi connectivity index (χ1n) is 17.7. The fraction of sp³-hybridized carbons (Fsp3) is 0.595. The highest BCUT2D eigenvalue weighted by atomic mass is 16.7. The van der Waals surface area contributed by atoms with Gasteiger partial charge < -0.3 is 44.9 Å². The third-order valence-corrected chi connectivity index (χ3v) is 10.8. The monoisotopic (exact) mass is 695 g/mol. The molecule has 0 spiro atoms. The summed E-state index contributed by atoms with van der Waals surface area (Å²) in [6.07, 6.45) is 4.36. The molecule has 2 aromatic carbocycles. The quantitative estimate of drug-likeness (QED) is 0.228. The molecule has 6 atom stereocenters. The minimum atomic E-state index is -0.557. The van der Waals surface area contributed by atoms with Crippen LogP contribution in [0.5, 0.6) is 17.2 Å².